The zero-order valence-electron chi connectivity index (χ0n) is 18.3. The average Bonchev–Trinajstić information content (AvgIpc) is 3.25. The van der Waals surface area contributed by atoms with Crippen LogP contribution in [0.15, 0.2) is 103 Å². The summed E-state index contributed by atoms with van der Waals surface area (Å²) >= 11 is 0. The third-order valence-electron chi connectivity index (χ3n) is 6.75. The van der Waals surface area contributed by atoms with Gasteiger partial charge < -0.3 is 9.80 Å². The molecule has 0 saturated heterocycles. The van der Waals surface area contributed by atoms with E-state index in [1.54, 1.807) is 15.9 Å². The maximum absolute atomic E-state index is 14.6. The molecule has 34 heavy (non-hydrogen) atoms. The van der Waals surface area contributed by atoms with Crippen molar-refractivity contribution in [3.8, 4) is 0 Å². The van der Waals surface area contributed by atoms with Gasteiger partial charge in [0.15, 0.2) is 5.41 Å². The fourth-order valence-corrected chi connectivity index (χ4v) is 5.24. The number of carbonyl (C=O) groups is 2. The number of amides is 2. The molecule has 0 fully saturated rings. The van der Waals surface area contributed by atoms with Gasteiger partial charge in [-0.1, -0.05) is 78.9 Å². The molecule has 2 heterocycles. The van der Waals surface area contributed by atoms with Gasteiger partial charge in [-0.05, 0) is 35.4 Å². The summed E-state index contributed by atoms with van der Waals surface area (Å²) in [4.78, 5) is 31.7. The van der Waals surface area contributed by atoms with Crippen LogP contribution in [0.4, 0.5) is 15.8 Å². The SMILES string of the molecule is O=C1N(Cc2ccccc2)c2ccccc2[C@@]12C(=O)N(Cc1ccccc1)c1ccc(F)cc12. The Morgan fingerprint density at radius 2 is 1.09 bits per heavy atom. The van der Waals surface area contributed by atoms with Crippen LogP contribution >= 0.6 is 0 Å². The molecule has 2 amide bonds. The fourth-order valence-electron chi connectivity index (χ4n) is 5.24. The van der Waals surface area contributed by atoms with E-state index in [1.165, 1.54) is 12.1 Å². The van der Waals surface area contributed by atoms with Crippen LogP contribution in [0.5, 0.6) is 0 Å². The van der Waals surface area contributed by atoms with E-state index < -0.39 is 11.2 Å². The van der Waals surface area contributed by atoms with Gasteiger partial charge in [0.25, 0.3) is 11.8 Å². The second kappa shape index (κ2) is 7.66. The molecule has 4 aromatic carbocycles. The van der Waals surface area contributed by atoms with E-state index in [0.717, 1.165) is 11.1 Å². The number of anilines is 2. The minimum absolute atomic E-state index is 0.300. The smallest absolute Gasteiger partial charge is 0.252 e. The fraction of sp³-hybridized carbons (Fsp3) is 0.103. The van der Waals surface area contributed by atoms with E-state index in [0.29, 0.717) is 35.6 Å². The van der Waals surface area contributed by atoms with Gasteiger partial charge in [0, 0.05) is 22.5 Å². The Morgan fingerprint density at radius 3 is 1.68 bits per heavy atom. The molecule has 0 unspecified atom stereocenters. The van der Waals surface area contributed by atoms with Crippen molar-refractivity contribution in [1.29, 1.82) is 0 Å². The van der Waals surface area contributed by atoms with E-state index >= 15 is 0 Å². The van der Waals surface area contributed by atoms with Crippen molar-refractivity contribution in [3.05, 3.63) is 131 Å². The molecule has 2 aliphatic rings. The highest BCUT2D eigenvalue weighted by atomic mass is 19.1. The first-order valence-corrected chi connectivity index (χ1v) is 11.2. The number of carbonyl (C=O) groups excluding carboxylic acids is 2. The van der Waals surface area contributed by atoms with Crippen LogP contribution in [0.1, 0.15) is 22.3 Å². The summed E-state index contributed by atoms with van der Waals surface area (Å²) in [6.07, 6.45) is 0. The van der Waals surface area contributed by atoms with Gasteiger partial charge in [-0.25, -0.2) is 4.39 Å². The number of hydrogen-bond donors (Lipinski definition) is 0. The van der Waals surface area contributed by atoms with Gasteiger partial charge >= 0.3 is 0 Å². The Labute approximate surface area is 196 Å². The lowest BCUT2D eigenvalue weighted by atomic mass is 9.76. The van der Waals surface area contributed by atoms with Crippen LogP contribution < -0.4 is 9.80 Å². The van der Waals surface area contributed by atoms with Crippen molar-refractivity contribution in [2.75, 3.05) is 9.80 Å². The average molecular weight is 448 g/mol. The number of halogens is 1. The molecule has 0 radical (unpaired) electrons. The number of nitrogens with zero attached hydrogens (tertiary/aromatic N) is 2. The van der Waals surface area contributed by atoms with Crippen LogP contribution in [-0.4, -0.2) is 11.8 Å². The molecule has 0 saturated carbocycles. The maximum Gasteiger partial charge on any atom is 0.252 e. The highest BCUT2D eigenvalue weighted by Gasteiger charge is 2.63. The van der Waals surface area contributed by atoms with Crippen molar-refractivity contribution in [1.82, 2.24) is 0 Å². The van der Waals surface area contributed by atoms with E-state index in [1.807, 2.05) is 84.9 Å². The van der Waals surface area contributed by atoms with E-state index in [-0.39, 0.29) is 11.8 Å². The lowest BCUT2D eigenvalue weighted by Gasteiger charge is -2.24. The van der Waals surface area contributed by atoms with Gasteiger partial charge in [-0.2, -0.15) is 0 Å². The predicted octanol–water partition coefficient (Wildman–Crippen LogP) is 5.21. The van der Waals surface area contributed by atoms with Crippen LogP contribution in [-0.2, 0) is 28.1 Å². The van der Waals surface area contributed by atoms with Crippen LogP contribution in [0.2, 0.25) is 0 Å². The van der Waals surface area contributed by atoms with Crippen molar-refractivity contribution >= 4 is 23.2 Å². The molecule has 1 spiro atoms. The van der Waals surface area contributed by atoms with Crippen molar-refractivity contribution in [2.45, 2.75) is 18.5 Å². The first-order chi connectivity index (χ1) is 16.6. The second-order valence-electron chi connectivity index (χ2n) is 8.68. The van der Waals surface area contributed by atoms with Crippen LogP contribution in [0.25, 0.3) is 0 Å². The Hall–Kier alpha value is -4.25. The summed E-state index contributed by atoms with van der Waals surface area (Å²) in [6, 6.07) is 30.9. The van der Waals surface area contributed by atoms with Crippen molar-refractivity contribution in [2.24, 2.45) is 0 Å². The zero-order chi connectivity index (χ0) is 23.3. The summed E-state index contributed by atoms with van der Waals surface area (Å²) < 4.78 is 14.6. The Kier molecular flexibility index (Phi) is 4.59. The van der Waals surface area contributed by atoms with Gasteiger partial charge in [-0.3, -0.25) is 9.59 Å². The minimum Gasteiger partial charge on any atom is -0.306 e. The molecule has 0 aliphatic carbocycles. The molecular formula is C29H21FN2O2. The molecule has 1 atom stereocenters. The summed E-state index contributed by atoms with van der Waals surface area (Å²) in [7, 11) is 0. The predicted molar refractivity (Wildman–Crippen MR) is 129 cm³/mol. The monoisotopic (exact) mass is 448 g/mol. The molecule has 166 valence electrons. The van der Waals surface area contributed by atoms with Gasteiger partial charge in [0.2, 0.25) is 0 Å². The standard InChI is InChI=1S/C29H21FN2O2/c30-22-15-16-26-24(17-22)29(28(34)32(26)19-21-11-5-2-6-12-21)23-13-7-8-14-25(23)31(27(29)33)18-20-9-3-1-4-10-20/h1-17H,18-19H2/t29-/m0/s1. The first-order valence-electron chi connectivity index (χ1n) is 11.2. The van der Waals surface area contributed by atoms with Crippen LogP contribution in [0, 0.1) is 5.82 Å². The molecule has 6 rings (SSSR count). The Morgan fingerprint density at radius 1 is 0.588 bits per heavy atom. The third-order valence-corrected chi connectivity index (χ3v) is 6.75. The normalized spacial score (nSPS) is 18.5. The molecule has 4 nitrogen and oxygen atoms in total. The summed E-state index contributed by atoms with van der Waals surface area (Å²) in [6.45, 7) is 0.628. The third kappa shape index (κ3) is 2.83. The zero-order valence-corrected chi connectivity index (χ0v) is 18.3. The van der Waals surface area contributed by atoms with Gasteiger partial charge in [0.1, 0.15) is 5.82 Å². The number of para-hydroxylation sites is 1. The van der Waals surface area contributed by atoms with Crippen LogP contribution in [0.3, 0.4) is 0 Å². The Balaban J connectivity index is 1.53. The molecule has 0 bridgehead atoms. The largest absolute Gasteiger partial charge is 0.306 e. The lowest BCUT2D eigenvalue weighted by molar-refractivity contribution is -0.131. The van der Waals surface area contributed by atoms with Crippen molar-refractivity contribution < 1.29 is 14.0 Å². The summed E-state index contributed by atoms with van der Waals surface area (Å²) in [5.41, 5.74) is 2.54. The molecule has 2 aliphatic heterocycles. The Bertz CT molecular complexity index is 1410. The van der Waals surface area contributed by atoms with E-state index in [2.05, 4.69) is 0 Å². The molecule has 0 N–H and O–H groups in total. The number of benzene rings is 4. The van der Waals surface area contributed by atoms with Gasteiger partial charge in [0.05, 0.1) is 13.1 Å². The highest BCUT2D eigenvalue weighted by Crippen LogP contribution is 2.54. The lowest BCUT2D eigenvalue weighted by Crippen LogP contribution is -2.48. The number of fused-ring (bicyclic) bond motifs is 4. The maximum atomic E-state index is 14.6. The topological polar surface area (TPSA) is 40.6 Å². The van der Waals surface area contributed by atoms with E-state index in [4.69, 9.17) is 0 Å². The summed E-state index contributed by atoms with van der Waals surface area (Å²) in [5.74, 6) is -1.16. The van der Waals surface area contributed by atoms with Gasteiger partial charge in [-0.15, -0.1) is 0 Å². The highest BCUT2D eigenvalue weighted by molar-refractivity contribution is 6.31. The minimum atomic E-state index is -1.60. The molecule has 0 aromatic heterocycles. The second-order valence-corrected chi connectivity index (χ2v) is 8.68. The first kappa shape index (κ1) is 20.4. The van der Waals surface area contributed by atoms with Crippen molar-refractivity contribution in [3.63, 3.8) is 0 Å². The van der Waals surface area contributed by atoms with E-state index in [9.17, 15) is 14.0 Å². The number of rotatable bonds is 4. The number of hydrogen-bond acceptors (Lipinski definition) is 2. The molecule has 4 aromatic rings. The molecule has 5 heteroatoms. The molecular weight excluding hydrogens is 427 g/mol. The quantitative estimate of drug-likeness (QED) is 0.403. The summed E-state index contributed by atoms with van der Waals surface area (Å²) in [5, 5.41) is 0.